The summed E-state index contributed by atoms with van der Waals surface area (Å²) in [5.41, 5.74) is -10.9. The number of aromatic amines is 1. The highest BCUT2D eigenvalue weighted by Gasteiger charge is 2.43. The van der Waals surface area contributed by atoms with Crippen LogP contribution in [0, 0.1) is 5.82 Å². The Balaban J connectivity index is 1.53. The molecule has 0 aliphatic carbocycles. The van der Waals surface area contributed by atoms with Crippen molar-refractivity contribution >= 4 is 11.7 Å². The molecule has 1 aliphatic rings. The summed E-state index contributed by atoms with van der Waals surface area (Å²) in [7, 11) is 0. The lowest BCUT2D eigenvalue weighted by Crippen LogP contribution is -2.51. The first-order valence-corrected chi connectivity index (χ1v) is 12.1. The van der Waals surface area contributed by atoms with Crippen molar-refractivity contribution in [2.24, 2.45) is 0 Å². The van der Waals surface area contributed by atoms with Crippen molar-refractivity contribution in [2.75, 3.05) is 18.0 Å². The molecule has 1 amide bonds. The summed E-state index contributed by atoms with van der Waals surface area (Å²) >= 11 is 0. The molecule has 43 heavy (non-hydrogen) atoms. The van der Waals surface area contributed by atoms with E-state index in [0.29, 0.717) is 18.3 Å². The summed E-state index contributed by atoms with van der Waals surface area (Å²) in [5, 5.41) is 2.05. The highest BCUT2D eigenvalue weighted by molar-refractivity contribution is 5.85. The molecule has 2 N–H and O–H groups in total. The van der Waals surface area contributed by atoms with Crippen LogP contribution in [0.3, 0.4) is 0 Å². The Bertz CT molecular complexity index is 1560. The zero-order valence-corrected chi connectivity index (χ0v) is 21.3. The Labute approximate surface area is 233 Å². The van der Waals surface area contributed by atoms with Gasteiger partial charge < -0.3 is 15.2 Å². The zero-order chi connectivity index (χ0) is 32.0. The fourth-order valence-electron chi connectivity index (χ4n) is 4.34. The molecule has 7 nitrogen and oxygen atoms in total. The molecule has 3 heterocycles. The quantitative estimate of drug-likeness (QED) is 0.356. The van der Waals surface area contributed by atoms with Crippen LogP contribution in [0.5, 0.6) is 0 Å². The Morgan fingerprint density at radius 3 is 2.14 bits per heavy atom. The molecule has 0 spiro atoms. The Kier molecular flexibility index (Phi) is 8.18. The van der Waals surface area contributed by atoms with Crippen molar-refractivity contribution in [2.45, 2.75) is 43.6 Å². The summed E-state index contributed by atoms with van der Waals surface area (Å²) in [4.78, 5) is 34.1. The predicted octanol–water partition coefficient (Wildman–Crippen LogP) is 5.65. The molecule has 1 fully saturated rings. The number of pyridine rings is 1. The molecule has 3 aromatic rings. The average Bonchev–Trinajstić information content (AvgIpc) is 2.90. The standard InChI is InChI=1S/C25H18F11N5O2/c26-19-12(1-3-14(24(31,32)33)18(19)20-39-15(25(34,35)36)9-17(42)40-20)10-38-21(43)22(27)5-7-41(8-6-22)16-4-2-13(11-37-16)23(28,29)30/h1-4,9,11H,5-8,10H2,(H,38,43)(H,39,40,42). The average molecular weight is 629 g/mol. The van der Waals surface area contributed by atoms with Crippen molar-refractivity contribution in [3.63, 3.8) is 0 Å². The maximum atomic E-state index is 15.4. The second kappa shape index (κ2) is 11.1. The lowest BCUT2D eigenvalue weighted by Gasteiger charge is -2.36. The van der Waals surface area contributed by atoms with Gasteiger partial charge in [0.1, 0.15) is 17.5 Å². The topological polar surface area (TPSA) is 91.0 Å². The van der Waals surface area contributed by atoms with Crippen LogP contribution in [0.4, 0.5) is 54.1 Å². The molecular weight excluding hydrogens is 611 g/mol. The molecule has 0 saturated carbocycles. The number of alkyl halides is 10. The molecule has 18 heteroatoms. The molecule has 0 bridgehead atoms. The number of carbonyl (C=O) groups excluding carboxylic acids is 1. The number of H-pyrrole nitrogens is 1. The number of benzene rings is 1. The van der Waals surface area contributed by atoms with Gasteiger partial charge in [0.05, 0.1) is 16.7 Å². The van der Waals surface area contributed by atoms with Gasteiger partial charge in [-0.05, 0) is 18.2 Å². The van der Waals surface area contributed by atoms with Gasteiger partial charge in [0.2, 0.25) is 0 Å². The van der Waals surface area contributed by atoms with Gasteiger partial charge >= 0.3 is 18.5 Å². The first kappa shape index (κ1) is 31.7. The second-order valence-corrected chi connectivity index (χ2v) is 9.47. The molecule has 1 aliphatic heterocycles. The third-order valence-electron chi connectivity index (χ3n) is 6.60. The van der Waals surface area contributed by atoms with Crippen molar-refractivity contribution in [3.8, 4) is 11.4 Å². The van der Waals surface area contributed by atoms with E-state index in [1.54, 1.807) is 4.98 Å². The van der Waals surface area contributed by atoms with Gasteiger partial charge in [0.25, 0.3) is 11.5 Å². The number of rotatable bonds is 5. The summed E-state index contributed by atoms with van der Waals surface area (Å²) in [6.45, 7) is -1.21. The van der Waals surface area contributed by atoms with Crippen molar-refractivity contribution < 1.29 is 53.1 Å². The molecule has 1 saturated heterocycles. The number of halogens is 11. The van der Waals surface area contributed by atoms with Crippen LogP contribution in [-0.2, 0) is 29.9 Å². The number of hydrogen-bond acceptors (Lipinski definition) is 5. The lowest BCUT2D eigenvalue weighted by atomic mass is 9.92. The van der Waals surface area contributed by atoms with E-state index >= 15 is 8.78 Å². The van der Waals surface area contributed by atoms with Gasteiger partial charge in [0, 0.05) is 50.3 Å². The molecular formula is C25H18F11N5O2. The third kappa shape index (κ3) is 6.88. The van der Waals surface area contributed by atoms with E-state index in [2.05, 4.69) is 9.97 Å². The fourth-order valence-corrected chi connectivity index (χ4v) is 4.34. The Morgan fingerprint density at radius 2 is 1.60 bits per heavy atom. The van der Waals surface area contributed by atoms with E-state index in [9.17, 15) is 49.1 Å². The van der Waals surface area contributed by atoms with Gasteiger partial charge in [-0.15, -0.1) is 0 Å². The summed E-state index contributed by atoms with van der Waals surface area (Å²) < 4.78 is 149. The molecule has 1 aromatic carbocycles. The number of aromatic nitrogens is 3. The SMILES string of the molecule is O=C(NCc1ccc(C(F)(F)F)c(-c2nc(C(F)(F)F)cc(=O)[nH]2)c1F)C1(F)CCN(c2ccc(C(F)(F)F)cn2)CC1. The zero-order valence-electron chi connectivity index (χ0n) is 21.3. The van der Waals surface area contributed by atoms with Gasteiger partial charge in [-0.25, -0.2) is 18.7 Å². The van der Waals surface area contributed by atoms with E-state index < -0.39 is 94.6 Å². The maximum absolute atomic E-state index is 15.4. The number of amides is 1. The second-order valence-electron chi connectivity index (χ2n) is 9.47. The third-order valence-corrected chi connectivity index (χ3v) is 6.60. The smallest absolute Gasteiger partial charge is 0.356 e. The molecule has 0 radical (unpaired) electrons. The molecule has 232 valence electrons. The Hall–Kier alpha value is -4.25. The van der Waals surface area contributed by atoms with Crippen molar-refractivity contribution in [3.05, 3.63) is 75.1 Å². The molecule has 4 rings (SSSR count). The largest absolute Gasteiger partial charge is 0.433 e. The highest BCUT2D eigenvalue weighted by atomic mass is 19.4. The highest BCUT2D eigenvalue weighted by Crippen LogP contribution is 2.39. The monoisotopic (exact) mass is 629 g/mol. The summed E-state index contributed by atoms with van der Waals surface area (Å²) in [6.07, 6.45) is -15.5. The molecule has 0 atom stereocenters. The lowest BCUT2D eigenvalue weighted by molar-refractivity contribution is -0.141. The number of nitrogens with zero attached hydrogens (tertiary/aromatic N) is 3. The van der Waals surface area contributed by atoms with Crippen LogP contribution in [0.25, 0.3) is 11.4 Å². The molecule has 0 unspecified atom stereocenters. The predicted molar refractivity (Wildman–Crippen MR) is 127 cm³/mol. The van der Waals surface area contributed by atoms with Gasteiger partial charge in [0.15, 0.2) is 11.4 Å². The first-order valence-electron chi connectivity index (χ1n) is 12.1. The summed E-state index contributed by atoms with van der Waals surface area (Å²) in [5.74, 6) is -4.33. The van der Waals surface area contributed by atoms with Gasteiger partial charge in [-0.3, -0.25) is 9.59 Å². The number of piperidine rings is 1. The van der Waals surface area contributed by atoms with Crippen LogP contribution < -0.4 is 15.8 Å². The van der Waals surface area contributed by atoms with Crippen LogP contribution in [0.1, 0.15) is 35.2 Å². The Morgan fingerprint density at radius 1 is 0.953 bits per heavy atom. The van der Waals surface area contributed by atoms with E-state index in [1.807, 2.05) is 5.32 Å². The van der Waals surface area contributed by atoms with Crippen LogP contribution in [0.15, 0.2) is 41.3 Å². The number of carbonyl (C=O) groups is 1. The van der Waals surface area contributed by atoms with E-state index in [1.165, 1.54) is 4.90 Å². The van der Waals surface area contributed by atoms with E-state index in [4.69, 9.17) is 0 Å². The van der Waals surface area contributed by atoms with Crippen molar-refractivity contribution in [1.82, 2.24) is 20.3 Å². The fraction of sp³-hybridized carbons (Fsp3) is 0.360. The minimum Gasteiger partial charge on any atom is -0.356 e. The molecule has 2 aromatic heterocycles. The first-order chi connectivity index (χ1) is 19.8. The minimum absolute atomic E-state index is 0.0294. The summed E-state index contributed by atoms with van der Waals surface area (Å²) in [6, 6.07) is 2.71. The van der Waals surface area contributed by atoms with Crippen LogP contribution in [0.2, 0.25) is 0 Å². The van der Waals surface area contributed by atoms with E-state index in [-0.39, 0.29) is 25.0 Å². The number of anilines is 1. The van der Waals surface area contributed by atoms with Crippen LogP contribution >= 0.6 is 0 Å². The minimum atomic E-state index is -5.30. The number of hydrogen-bond donors (Lipinski definition) is 2. The van der Waals surface area contributed by atoms with Gasteiger partial charge in [-0.1, -0.05) is 6.07 Å². The van der Waals surface area contributed by atoms with Crippen LogP contribution in [-0.4, -0.2) is 39.6 Å². The normalized spacial score (nSPS) is 15.8. The maximum Gasteiger partial charge on any atom is 0.433 e. The van der Waals surface area contributed by atoms with Crippen molar-refractivity contribution in [1.29, 1.82) is 0 Å². The van der Waals surface area contributed by atoms with Gasteiger partial charge in [-0.2, -0.15) is 39.5 Å². The number of nitrogens with one attached hydrogen (secondary N) is 2. The van der Waals surface area contributed by atoms with E-state index in [0.717, 1.165) is 12.1 Å².